The van der Waals surface area contributed by atoms with E-state index < -0.39 is 16.5 Å². The molecule has 0 saturated heterocycles. The Kier molecular flexibility index (Phi) is 22.3. The van der Waals surface area contributed by atoms with Gasteiger partial charge in [-0.3, -0.25) is 0 Å². The second-order valence-corrected chi connectivity index (χ2v) is 25.9. The minimum absolute atomic E-state index is 0. The van der Waals surface area contributed by atoms with E-state index in [2.05, 4.69) is 157 Å². The van der Waals surface area contributed by atoms with Crippen LogP contribution in [-0.2, 0) is 4.74 Å². The molecule has 0 aliphatic heterocycles. The minimum Gasteiger partial charge on any atom is -0.668 e. The molecule has 0 spiro atoms. The van der Waals surface area contributed by atoms with Crippen molar-refractivity contribution in [3.63, 3.8) is 0 Å². The van der Waals surface area contributed by atoms with E-state index in [1.165, 1.54) is 27.9 Å². The summed E-state index contributed by atoms with van der Waals surface area (Å²) in [6.45, 7) is 44.3. The van der Waals surface area contributed by atoms with Crippen molar-refractivity contribution < 1.29 is 9.73 Å². The Morgan fingerprint density at radius 2 is 0.978 bits per heavy atom. The number of rotatable bonds is 10. The Morgan fingerprint density at radius 1 is 0.652 bits per heavy atom. The molecule has 2 aromatic rings. The standard InChI is InChI=1S/C29H43N2.C6H18NSi2.C4H10O.Ca/c1-18(2)22-14-12-15-23(19(3)4)26(22)30-28(29(9,10)11)31-27-24(20(5)6)16-13-17-25(27)21(7)8;1-8(2,3)7-9(4,5)6;1-3-5-4-2;/h12-21H,1-11H3;1-6H3;3-4H2,1-2H3;/q2*-1;;+2/p+1. The maximum Gasteiger partial charge on any atom is 2.00 e. The molecule has 0 aliphatic carbocycles. The first-order chi connectivity index (χ1) is 20.5. The fraction of sp³-hybridized carbons (Fsp3) is 0.667. The fourth-order valence-corrected chi connectivity index (χ4v) is 13.2. The van der Waals surface area contributed by atoms with E-state index in [9.17, 15) is 0 Å². The van der Waals surface area contributed by atoms with E-state index in [1.54, 1.807) is 0 Å². The SMILES string of the molecule is CC(C)c1cccc(C(C)C)c1[N-]C(=[NH+]c1c(C(C)C)cccc1C(C)C)C(C)(C)C.CCOCC.C[Si](C)(C)[N-][Si](C)(C)C.[Ca+2]. The number of nitrogens with one attached hydrogen (secondary N) is 1. The van der Waals surface area contributed by atoms with Gasteiger partial charge in [-0.1, -0.05) is 168 Å². The van der Waals surface area contributed by atoms with Gasteiger partial charge in [-0.05, 0) is 59.8 Å². The van der Waals surface area contributed by atoms with Crippen LogP contribution in [0.1, 0.15) is 136 Å². The van der Waals surface area contributed by atoms with Crippen molar-refractivity contribution in [1.82, 2.24) is 0 Å². The number of para-hydroxylation sites is 2. The van der Waals surface area contributed by atoms with Crippen LogP contribution in [0.15, 0.2) is 36.4 Å². The molecule has 0 fully saturated rings. The fourth-order valence-electron chi connectivity index (χ4n) is 5.16. The van der Waals surface area contributed by atoms with Crippen LogP contribution in [0.25, 0.3) is 9.96 Å². The number of benzene rings is 2. The van der Waals surface area contributed by atoms with Crippen LogP contribution in [0.4, 0.5) is 11.4 Å². The number of amidine groups is 1. The summed E-state index contributed by atoms with van der Waals surface area (Å²) in [6.07, 6.45) is 0. The van der Waals surface area contributed by atoms with Crippen molar-refractivity contribution in [1.29, 1.82) is 0 Å². The maximum atomic E-state index is 5.37. The number of nitrogens with zero attached hydrogens (tertiary/aromatic N) is 2. The van der Waals surface area contributed by atoms with Crippen molar-refractivity contribution in [2.45, 2.75) is 153 Å². The van der Waals surface area contributed by atoms with Gasteiger partial charge in [0.25, 0.3) is 0 Å². The third-order valence-corrected chi connectivity index (χ3v) is 12.3. The summed E-state index contributed by atoms with van der Waals surface area (Å²) in [5.41, 5.74) is 7.59. The Hall–Kier alpha value is -0.476. The predicted octanol–water partition coefficient (Wildman–Crippen LogP) is 11.7. The van der Waals surface area contributed by atoms with E-state index >= 15 is 0 Å². The first-order valence-corrected chi connectivity index (χ1v) is 24.3. The molecule has 0 unspecified atom stereocenters. The van der Waals surface area contributed by atoms with Crippen molar-refractivity contribution in [2.75, 3.05) is 13.2 Å². The van der Waals surface area contributed by atoms with Crippen LogP contribution in [-0.4, -0.2) is 73.3 Å². The number of ether oxygens (including phenoxy) is 1. The van der Waals surface area contributed by atoms with Gasteiger partial charge in [0.05, 0.1) is 5.69 Å². The molecule has 4 nitrogen and oxygen atoms in total. The van der Waals surface area contributed by atoms with Crippen molar-refractivity contribution in [3.8, 4) is 0 Å². The number of hydrogen-bond donors (Lipinski definition) is 1. The zero-order valence-corrected chi connectivity index (χ0v) is 37.9. The smallest absolute Gasteiger partial charge is 0.668 e. The van der Waals surface area contributed by atoms with Crippen LogP contribution in [0.5, 0.6) is 0 Å². The van der Waals surface area contributed by atoms with E-state index in [4.69, 9.17) is 14.7 Å². The molecule has 2 aromatic carbocycles. The zero-order chi connectivity index (χ0) is 35.3. The summed E-state index contributed by atoms with van der Waals surface area (Å²) >= 11 is 0. The predicted molar refractivity (Wildman–Crippen MR) is 215 cm³/mol. The molecular formula is C39H72CaN3OSi2+. The third-order valence-electron chi connectivity index (χ3n) is 6.97. The molecule has 0 bridgehead atoms. The molecule has 7 heteroatoms. The van der Waals surface area contributed by atoms with Gasteiger partial charge < -0.3 is 14.4 Å². The monoisotopic (exact) mass is 694 g/mol. The van der Waals surface area contributed by atoms with Crippen LogP contribution in [0.3, 0.4) is 0 Å². The molecule has 2 rings (SSSR count). The van der Waals surface area contributed by atoms with Crippen LogP contribution in [0.2, 0.25) is 39.3 Å². The van der Waals surface area contributed by atoms with Gasteiger partial charge in [-0.15, -0.1) is 0 Å². The quantitative estimate of drug-likeness (QED) is 0.150. The van der Waals surface area contributed by atoms with E-state index in [0.717, 1.165) is 24.7 Å². The molecule has 0 aromatic heterocycles. The molecular weight excluding hydrogens is 623 g/mol. The first-order valence-electron chi connectivity index (χ1n) is 17.4. The molecule has 0 radical (unpaired) electrons. The van der Waals surface area contributed by atoms with Gasteiger partial charge >= 0.3 is 37.7 Å². The Morgan fingerprint density at radius 3 is 1.20 bits per heavy atom. The van der Waals surface area contributed by atoms with Crippen molar-refractivity contribution in [3.05, 3.63) is 68.6 Å². The van der Waals surface area contributed by atoms with E-state index in [1.807, 2.05) is 13.8 Å². The summed E-state index contributed by atoms with van der Waals surface area (Å²) in [5.74, 6) is 2.76. The molecule has 0 saturated carbocycles. The van der Waals surface area contributed by atoms with E-state index in [0.29, 0.717) is 23.7 Å². The van der Waals surface area contributed by atoms with E-state index in [-0.39, 0.29) is 43.2 Å². The molecule has 0 amide bonds. The largest absolute Gasteiger partial charge is 2.00 e. The first kappa shape index (κ1) is 47.6. The van der Waals surface area contributed by atoms with Gasteiger partial charge in [0.1, 0.15) is 5.84 Å². The Balaban J connectivity index is 0. The number of hydrogen-bond acceptors (Lipinski definition) is 1. The van der Waals surface area contributed by atoms with Crippen LogP contribution in [0, 0.1) is 5.41 Å². The van der Waals surface area contributed by atoms with Crippen LogP contribution >= 0.6 is 0 Å². The summed E-state index contributed by atoms with van der Waals surface area (Å²) in [4.78, 5) is 3.85. The molecule has 0 heterocycles. The topological polar surface area (TPSA) is 51.4 Å². The summed E-state index contributed by atoms with van der Waals surface area (Å²) in [5, 5.41) is 5.37. The second-order valence-electron chi connectivity index (χ2n) is 16.3. The van der Waals surface area contributed by atoms with Gasteiger partial charge in [0.15, 0.2) is 0 Å². The van der Waals surface area contributed by atoms with Gasteiger partial charge in [0.2, 0.25) is 0 Å². The van der Waals surface area contributed by atoms with Gasteiger partial charge in [-0.2, -0.15) is 0 Å². The summed E-state index contributed by atoms with van der Waals surface area (Å²) in [7, 11) is -2.21. The minimum atomic E-state index is -1.11. The average molecular weight is 695 g/mol. The summed E-state index contributed by atoms with van der Waals surface area (Å²) < 4.78 is 9.65. The second kappa shape index (κ2) is 21.6. The summed E-state index contributed by atoms with van der Waals surface area (Å²) in [6, 6.07) is 13.3. The average Bonchev–Trinajstić information content (AvgIpc) is 2.86. The van der Waals surface area contributed by atoms with Gasteiger partial charge in [0, 0.05) is 24.3 Å². The van der Waals surface area contributed by atoms with Gasteiger partial charge in [-0.25, -0.2) is 5.32 Å². The van der Waals surface area contributed by atoms with Crippen LogP contribution < -0.4 is 4.99 Å². The van der Waals surface area contributed by atoms with Crippen molar-refractivity contribution >= 4 is 71.4 Å². The molecule has 46 heavy (non-hydrogen) atoms. The molecule has 0 aliphatic rings. The molecule has 0 atom stereocenters. The normalized spacial score (nSPS) is 12.5. The molecule has 258 valence electrons. The Labute approximate surface area is 318 Å². The third kappa shape index (κ3) is 18.3. The maximum absolute atomic E-state index is 5.37. The van der Waals surface area contributed by atoms with Crippen molar-refractivity contribution in [2.24, 2.45) is 5.41 Å². The molecule has 1 N–H and O–H groups in total. The zero-order valence-electron chi connectivity index (χ0n) is 33.7. The Bertz CT molecular complexity index is 1100.